The van der Waals surface area contributed by atoms with E-state index in [1.54, 1.807) is 36.1 Å². The van der Waals surface area contributed by atoms with Crippen molar-refractivity contribution in [3.8, 4) is 11.5 Å². The largest absolute Gasteiger partial charge is 0.490 e. The van der Waals surface area contributed by atoms with Gasteiger partial charge in [-0.25, -0.2) is 4.79 Å². The Bertz CT molecular complexity index is 747. The van der Waals surface area contributed by atoms with Gasteiger partial charge in [0.15, 0.2) is 17.6 Å². The molecule has 1 atom stereocenters. The summed E-state index contributed by atoms with van der Waals surface area (Å²) in [5.41, 5.74) is 0.751. The number of hydrogen-bond acceptors (Lipinski definition) is 6. The molecule has 1 unspecified atom stereocenters. The number of carboxylic acid groups (broad SMARTS) is 1. The summed E-state index contributed by atoms with van der Waals surface area (Å²) >= 11 is 6.47. The molecule has 0 aliphatic carbocycles. The van der Waals surface area contributed by atoms with Crippen molar-refractivity contribution in [1.29, 1.82) is 0 Å². The Morgan fingerprint density at radius 3 is 2.62 bits per heavy atom. The number of carbonyl (C=O) groups excluding carboxylic acids is 1. The Labute approximate surface area is 162 Å². The van der Waals surface area contributed by atoms with Crippen LogP contribution in [0, 0.1) is 0 Å². The van der Waals surface area contributed by atoms with Crippen LogP contribution in [0.1, 0.15) is 32.8 Å². The van der Waals surface area contributed by atoms with Crippen molar-refractivity contribution in [1.82, 2.24) is 4.90 Å². The molecule has 2 rings (SSSR count). The molecule has 1 N–H and O–H groups in total. The molecule has 1 aromatic carbocycles. The van der Waals surface area contributed by atoms with E-state index in [2.05, 4.69) is 0 Å². The van der Waals surface area contributed by atoms with Gasteiger partial charge in [-0.2, -0.15) is 0 Å². The summed E-state index contributed by atoms with van der Waals surface area (Å²) in [6, 6.07) is 5.14. The average molecular weight is 396 g/mol. The van der Waals surface area contributed by atoms with E-state index < -0.39 is 12.1 Å². The summed E-state index contributed by atoms with van der Waals surface area (Å²) in [6.07, 6.45) is 1.14. The van der Waals surface area contributed by atoms with Gasteiger partial charge in [0.05, 0.1) is 11.5 Å². The summed E-state index contributed by atoms with van der Waals surface area (Å²) in [4.78, 5) is 25.6. The van der Waals surface area contributed by atoms with E-state index in [1.807, 2.05) is 13.8 Å². The molecule has 1 amide bonds. The van der Waals surface area contributed by atoms with Gasteiger partial charge in [0.1, 0.15) is 4.32 Å². The number of rotatable bonds is 8. The first-order valence-corrected chi connectivity index (χ1v) is 9.55. The maximum atomic E-state index is 12.3. The van der Waals surface area contributed by atoms with Gasteiger partial charge in [0.2, 0.25) is 0 Å². The first kappa shape index (κ1) is 20.3. The van der Waals surface area contributed by atoms with E-state index in [9.17, 15) is 9.59 Å². The Balaban J connectivity index is 2.30. The molecule has 0 saturated carbocycles. The van der Waals surface area contributed by atoms with Crippen molar-refractivity contribution in [3.63, 3.8) is 0 Å². The Morgan fingerprint density at radius 1 is 1.35 bits per heavy atom. The molecule has 1 aromatic rings. The number of carbonyl (C=O) groups is 2. The van der Waals surface area contributed by atoms with Crippen molar-refractivity contribution in [2.24, 2.45) is 0 Å². The molecule has 1 aliphatic heterocycles. The smallest absolute Gasteiger partial charge is 0.344 e. The summed E-state index contributed by atoms with van der Waals surface area (Å²) in [7, 11) is 0. The lowest BCUT2D eigenvalue weighted by Crippen LogP contribution is -2.27. The second-order valence-corrected chi connectivity index (χ2v) is 7.09. The van der Waals surface area contributed by atoms with Crippen LogP contribution in [0.15, 0.2) is 23.1 Å². The number of aliphatic carboxylic acids is 1. The Kier molecular flexibility index (Phi) is 7.05. The highest BCUT2D eigenvalue weighted by atomic mass is 32.2. The zero-order valence-electron chi connectivity index (χ0n) is 14.9. The fourth-order valence-corrected chi connectivity index (χ4v) is 3.75. The van der Waals surface area contributed by atoms with E-state index in [0.717, 1.165) is 5.56 Å². The maximum absolute atomic E-state index is 12.3. The lowest BCUT2D eigenvalue weighted by molar-refractivity contribution is -0.145. The predicted octanol–water partition coefficient (Wildman–Crippen LogP) is 3.55. The third kappa shape index (κ3) is 4.56. The minimum atomic E-state index is -1.03. The Hall–Kier alpha value is -2.06. The van der Waals surface area contributed by atoms with Crippen LogP contribution in [0.25, 0.3) is 6.08 Å². The molecule has 0 spiro atoms. The molecule has 1 fully saturated rings. The number of benzene rings is 1. The molecule has 1 heterocycles. The molecular formula is C18H21NO5S2. The molecule has 26 heavy (non-hydrogen) atoms. The van der Waals surface area contributed by atoms with Crippen molar-refractivity contribution in [3.05, 3.63) is 28.7 Å². The van der Waals surface area contributed by atoms with Crippen molar-refractivity contribution < 1.29 is 24.2 Å². The van der Waals surface area contributed by atoms with Crippen LogP contribution in [0.3, 0.4) is 0 Å². The Morgan fingerprint density at radius 2 is 2.08 bits per heavy atom. The number of hydrogen-bond donors (Lipinski definition) is 1. The van der Waals surface area contributed by atoms with Crippen LogP contribution in [-0.2, 0) is 9.59 Å². The standard InChI is InChI=1S/C18H21NO5S2/c1-4-12(17(21)22)24-13-8-7-11(9-14(13)23-6-3)10-15-16(20)19(5-2)18(25)26-15/h7-10,12H,4-6H2,1-3H3,(H,21,22)/b15-10+. The second-order valence-electron chi connectivity index (χ2n) is 5.42. The number of amides is 1. The van der Waals surface area contributed by atoms with Crippen LogP contribution in [-0.4, -0.2) is 45.5 Å². The molecule has 0 radical (unpaired) electrons. The molecule has 140 valence electrons. The van der Waals surface area contributed by atoms with Gasteiger partial charge in [-0.15, -0.1) is 0 Å². The minimum absolute atomic E-state index is 0.113. The second kappa shape index (κ2) is 9.05. The van der Waals surface area contributed by atoms with Crippen molar-refractivity contribution in [2.75, 3.05) is 13.2 Å². The zero-order chi connectivity index (χ0) is 19.3. The molecule has 0 bridgehead atoms. The fraction of sp³-hybridized carbons (Fsp3) is 0.389. The first-order valence-electron chi connectivity index (χ1n) is 8.32. The van der Waals surface area contributed by atoms with E-state index in [4.69, 9.17) is 26.8 Å². The van der Waals surface area contributed by atoms with E-state index in [0.29, 0.717) is 40.3 Å². The van der Waals surface area contributed by atoms with E-state index in [-0.39, 0.29) is 5.91 Å². The number of carboxylic acids is 1. The number of nitrogens with zero attached hydrogens (tertiary/aromatic N) is 1. The van der Waals surface area contributed by atoms with Crippen molar-refractivity contribution >= 4 is 46.3 Å². The normalized spacial score (nSPS) is 16.9. The monoisotopic (exact) mass is 395 g/mol. The first-order chi connectivity index (χ1) is 12.4. The quantitative estimate of drug-likeness (QED) is 0.533. The molecule has 8 heteroatoms. The topological polar surface area (TPSA) is 76.1 Å². The molecule has 6 nitrogen and oxygen atoms in total. The summed E-state index contributed by atoms with van der Waals surface area (Å²) in [5.74, 6) is -0.341. The molecule has 1 saturated heterocycles. The average Bonchev–Trinajstić information content (AvgIpc) is 2.87. The number of ether oxygens (including phenoxy) is 2. The summed E-state index contributed by atoms with van der Waals surface area (Å²) < 4.78 is 11.7. The number of likely N-dealkylation sites (N-methyl/N-ethyl adjacent to an activating group) is 1. The lowest BCUT2D eigenvalue weighted by Gasteiger charge is -2.17. The summed E-state index contributed by atoms with van der Waals surface area (Å²) in [5, 5.41) is 9.17. The highest BCUT2D eigenvalue weighted by Crippen LogP contribution is 2.35. The minimum Gasteiger partial charge on any atom is -0.490 e. The molecule has 0 aromatic heterocycles. The molecular weight excluding hydrogens is 374 g/mol. The van der Waals surface area contributed by atoms with Crippen LogP contribution in [0.5, 0.6) is 11.5 Å². The predicted molar refractivity (Wildman–Crippen MR) is 106 cm³/mol. The number of thiocarbonyl (C=S) groups is 1. The van der Waals surface area contributed by atoms with Crippen LogP contribution in [0.4, 0.5) is 0 Å². The van der Waals surface area contributed by atoms with E-state index >= 15 is 0 Å². The summed E-state index contributed by atoms with van der Waals surface area (Å²) in [6.45, 7) is 6.38. The molecule has 1 aliphatic rings. The third-order valence-corrected chi connectivity index (χ3v) is 5.05. The van der Waals surface area contributed by atoms with Gasteiger partial charge in [-0.05, 0) is 44.0 Å². The SMILES string of the molecule is CCOc1cc(/C=C2/SC(=S)N(CC)C2=O)ccc1OC(CC)C(=O)O. The van der Waals surface area contributed by atoms with Crippen LogP contribution < -0.4 is 9.47 Å². The van der Waals surface area contributed by atoms with Gasteiger partial charge >= 0.3 is 5.97 Å². The lowest BCUT2D eigenvalue weighted by atomic mass is 10.1. The van der Waals surface area contributed by atoms with Crippen LogP contribution in [0.2, 0.25) is 0 Å². The van der Waals surface area contributed by atoms with Gasteiger partial charge in [-0.3, -0.25) is 9.69 Å². The van der Waals surface area contributed by atoms with Gasteiger partial charge < -0.3 is 14.6 Å². The zero-order valence-corrected chi connectivity index (χ0v) is 16.5. The van der Waals surface area contributed by atoms with E-state index in [1.165, 1.54) is 11.8 Å². The fourth-order valence-electron chi connectivity index (χ4n) is 2.37. The third-order valence-electron chi connectivity index (χ3n) is 3.67. The highest BCUT2D eigenvalue weighted by Gasteiger charge is 2.30. The maximum Gasteiger partial charge on any atom is 0.344 e. The number of thioether (sulfide) groups is 1. The van der Waals surface area contributed by atoms with Crippen molar-refractivity contribution in [2.45, 2.75) is 33.3 Å². The highest BCUT2D eigenvalue weighted by molar-refractivity contribution is 8.26. The van der Waals surface area contributed by atoms with Crippen LogP contribution >= 0.6 is 24.0 Å². The van der Waals surface area contributed by atoms with Gasteiger partial charge in [0.25, 0.3) is 5.91 Å². The van der Waals surface area contributed by atoms with Gasteiger partial charge in [-0.1, -0.05) is 37.0 Å². The van der Waals surface area contributed by atoms with Gasteiger partial charge in [0, 0.05) is 6.54 Å².